The normalized spacial score (nSPS) is 59.6. The number of hydrogen-bond acceptors (Lipinski definition) is 2. The highest BCUT2D eigenvalue weighted by molar-refractivity contribution is 6.00. The Bertz CT molecular complexity index is 421. The van der Waals surface area contributed by atoms with Crippen LogP contribution in [-0.4, -0.2) is 17.5 Å². The van der Waals surface area contributed by atoms with Gasteiger partial charge in [0.1, 0.15) is 5.60 Å². The Balaban J connectivity index is 1.51. The van der Waals surface area contributed by atoms with Crippen molar-refractivity contribution in [2.45, 2.75) is 18.1 Å². The summed E-state index contributed by atoms with van der Waals surface area (Å²) in [5.74, 6) is 4.78. The highest BCUT2D eigenvalue weighted by Crippen LogP contribution is 2.83. The molecule has 0 aromatic rings. The van der Waals surface area contributed by atoms with Crippen LogP contribution >= 0.6 is 0 Å². The molecule has 2 nitrogen and oxygen atoms in total. The van der Waals surface area contributed by atoms with E-state index in [-0.39, 0.29) is 11.4 Å². The van der Waals surface area contributed by atoms with E-state index in [2.05, 4.69) is 0 Å². The summed E-state index contributed by atoms with van der Waals surface area (Å²) in [6.07, 6.45) is 9.16. The average molecular weight is 200 g/mol. The minimum absolute atomic E-state index is 0.0965. The molecule has 0 radical (unpaired) electrons. The molecule has 1 spiro atoms. The molecule has 1 saturated heterocycles. The Morgan fingerprint density at radius 1 is 1.20 bits per heavy atom. The van der Waals surface area contributed by atoms with Gasteiger partial charge in [-0.15, -0.1) is 0 Å². The molecule has 0 N–H and O–H groups in total. The lowest BCUT2D eigenvalue weighted by Gasteiger charge is -2.57. The van der Waals surface area contributed by atoms with Gasteiger partial charge in [0.2, 0.25) is 0 Å². The van der Waals surface area contributed by atoms with Crippen LogP contribution in [0.4, 0.5) is 0 Å². The fourth-order valence-electron chi connectivity index (χ4n) is 4.40. The molecule has 4 fully saturated rings. The van der Waals surface area contributed by atoms with Crippen molar-refractivity contribution in [3.63, 3.8) is 0 Å². The van der Waals surface area contributed by atoms with E-state index in [4.69, 9.17) is 4.74 Å². The molecule has 5 rings (SSSR count). The molecule has 3 saturated carbocycles. The first kappa shape index (κ1) is 7.39. The minimum Gasteiger partial charge on any atom is -0.362 e. The van der Waals surface area contributed by atoms with E-state index in [9.17, 15) is 4.79 Å². The zero-order valence-electron chi connectivity index (χ0n) is 8.30. The Morgan fingerprint density at radius 3 is 2.60 bits per heavy atom. The maximum absolute atomic E-state index is 11.1. The predicted molar refractivity (Wildman–Crippen MR) is 53.0 cm³/mol. The van der Waals surface area contributed by atoms with Crippen molar-refractivity contribution in [2.24, 2.45) is 29.6 Å². The van der Waals surface area contributed by atoms with Crippen LogP contribution < -0.4 is 0 Å². The molecule has 2 heteroatoms. The van der Waals surface area contributed by atoms with Gasteiger partial charge in [-0.2, -0.15) is 0 Å². The molecule has 0 bridgehead atoms. The van der Waals surface area contributed by atoms with Crippen LogP contribution in [0.25, 0.3) is 0 Å². The highest BCUT2D eigenvalue weighted by atomic mass is 16.5. The summed E-state index contributed by atoms with van der Waals surface area (Å²) in [4.78, 5) is 11.1. The molecule has 0 aromatic carbocycles. The quantitative estimate of drug-likeness (QED) is 0.589. The summed E-state index contributed by atoms with van der Waals surface area (Å²) >= 11 is 0. The first-order chi connectivity index (χ1) is 7.30. The summed E-state index contributed by atoms with van der Waals surface area (Å²) in [6.45, 7) is 0. The van der Waals surface area contributed by atoms with Gasteiger partial charge in [0, 0.05) is 5.92 Å². The highest BCUT2D eigenvalue weighted by Gasteiger charge is 2.83. The van der Waals surface area contributed by atoms with Crippen LogP contribution in [0, 0.1) is 29.6 Å². The van der Waals surface area contributed by atoms with Gasteiger partial charge in [-0.1, -0.05) is 0 Å². The zero-order valence-corrected chi connectivity index (χ0v) is 8.30. The number of carbonyl (C=O) groups is 1. The molecule has 1 heterocycles. The molecule has 76 valence electrons. The van der Waals surface area contributed by atoms with Gasteiger partial charge < -0.3 is 4.74 Å². The molecule has 4 aliphatic carbocycles. The summed E-state index contributed by atoms with van der Waals surface area (Å²) in [7, 11) is 0. The van der Waals surface area contributed by atoms with Gasteiger partial charge in [0.25, 0.3) is 0 Å². The Labute approximate surface area is 88.0 Å². The van der Waals surface area contributed by atoms with Gasteiger partial charge in [-0.05, 0) is 54.4 Å². The van der Waals surface area contributed by atoms with Gasteiger partial charge in [-0.25, -0.2) is 0 Å². The zero-order chi connectivity index (χ0) is 9.78. The topological polar surface area (TPSA) is 26.3 Å². The average Bonchev–Trinajstić information content (AvgIpc) is 3.08. The van der Waals surface area contributed by atoms with Crippen molar-refractivity contribution in [3.05, 3.63) is 24.3 Å². The summed E-state index contributed by atoms with van der Waals surface area (Å²) in [5, 5.41) is 0. The van der Waals surface area contributed by atoms with Crippen LogP contribution in [0.15, 0.2) is 24.3 Å². The number of rotatable bonds is 0. The van der Waals surface area contributed by atoms with Crippen molar-refractivity contribution in [1.29, 1.82) is 0 Å². The summed E-state index contributed by atoms with van der Waals surface area (Å²) < 4.78 is 6.07. The summed E-state index contributed by atoms with van der Waals surface area (Å²) in [5.41, 5.74) is -0.185. The Kier molecular flexibility index (Phi) is 0.919. The van der Waals surface area contributed by atoms with Crippen LogP contribution in [0.5, 0.6) is 0 Å². The smallest absolute Gasteiger partial charge is 0.178 e. The van der Waals surface area contributed by atoms with Gasteiger partial charge in [0.15, 0.2) is 5.78 Å². The lowest BCUT2D eigenvalue weighted by molar-refractivity contribution is -0.246. The fraction of sp³-hybridized carbons (Fsp3) is 0.615. The molecular formula is C13H12O2. The first-order valence-corrected chi connectivity index (χ1v) is 5.90. The molecular weight excluding hydrogens is 188 g/mol. The van der Waals surface area contributed by atoms with Crippen LogP contribution in [0.3, 0.4) is 0 Å². The van der Waals surface area contributed by atoms with Crippen LogP contribution in [0.1, 0.15) is 6.42 Å². The number of ketones is 1. The molecule has 0 aromatic heterocycles. The third-order valence-electron chi connectivity index (χ3n) is 5.28. The molecule has 15 heavy (non-hydrogen) atoms. The molecule has 4 atom stereocenters. The number of hydrogen-bond donors (Lipinski definition) is 0. The second-order valence-corrected chi connectivity index (χ2v) is 5.74. The Hall–Kier alpha value is -0.890. The second-order valence-electron chi connectivity index (χ2n) is 5.74. The Morgan fingerprint density at radius 2 is 1.93 bits per heavy atom. The maximum Gasteiger partial charge on any atom is 0.178 e. The summed E-state index contributed by atoms with van der Waals surface area (Å²) in [6, 6.07) is 0. The van der Waals surface area contributed by atoms with Crippen molar-refractivity contribution in [3.8, 4) is 0 Å². The lowest BCUT2D eigenvalue weighted by Crippen LogP contribution is -2.63. The first-order valence-electron chi connectivity index (χ1n) is 5.90. The van der Waals surface area contributed by atoms with E-state index in [1.165, 1.54) is 6.42 Å². The number of ether oxygens (including phenoxy) is 1. The van der Waals surface area contributed by atoms with Crippen molar-refractivity contribution < 1.29 is 9.53 Å². The van der Waals surface area contributed by atoms with Gasteiger partial charge in [-0.3, -0.25) is 4.79 Å². The lowest BCUT2D eigenvalue weighted by atomic mass is 9.63. The number of carbonyl (C=O) groups excluding carboxylic acids is 1. The molecule has 2 unspecified atom stereocenters. The molecule has 1 aliphatic heterocycles. The van der Waals surface area contributed by atoms with Crippen molar-refractivity contribution in [2.75, 3.05) is 0 Å². The SMILES string of the molecule is O=C1C=CC2(C=C1)O[C@@H]1C3C4C(C[C@@H]12)C43. The number of fused-ring (bicyclic) bond motifs is 5. The fourth-order valence-corrected chi connectivity index (χ4v) is 4.40. The van der Waals surface area contributed by atoms with Crippen LogP contribution in [-0.2, 0) is 9.53 Å². The van der Waals surface area contributed by atoms with E-state index >= 15 is 0 Å². The largest absolute Gasteiger partial charge is 0.362 e. The van der Waals surface area contributed by atoms with E-state index < -0.39 is 0 Å². The van der Waals surface area contributed by atoms with E-state index in [1.54, 1.807) is 12.2 Å². The maximum atomic E-state index is 11.1. The standard InChI is InChI=1S/C13H12O2/c14-6-1-3-13(4-2-6)8-5-7-9-10(7)11(9)12(8)15-13/h1-4,7-12H,5H2/t7?,8-,9?,10?,11?,12-/m0/s1. The second kappa shape index (κ2) is 1.86. The van der Waals surface area contributed by atoms with E-state index in [0.29, 0.717) is 12.0 Å². The predicted octanol–water partition coefficient (Wildman–Crippen LogP) is 1.33. The van der Waals surface area contributed by atoms with Crippen molar-refractivity contribution in [1.82, 2.24) is 0 Å². The van der Waals surface area contributed by atoms with Gasteiger partial charge >= 0.3 is 0 Å². The third-order valence-corrected chi connectivity index (χ3v) is 5.28. The van der Waals surface area contributed by atoms with Crippen LogP contribution in [0.2, 0.25) is 0 Å². The number of allylic oxidation sites excluding steroid dienone is 2. The monoisotopic (exact) mass is 200 g/mol. The molecule has 0 amide bonds. The molecule has 5 aliphatic rings. The van der Waals surface area contributed by atoms with Gasteiger partial charge in [0.05, 0.1) is 6.10 Å². The third kappa shape index (κ3) is 0.644. The van der Waals surface area contributed by atoms with Crippen molar-refractivity contribution >= 4 is 5.78 Å². The van der Waals surface area contributed by atoms with E-state index in [0.717, 1.165) is 23.7 Å². The van der Waals surface area contributed by atoms with E-state index in [1.807, 2.05) is 12.2 Å². The minimum atomic E-state index is -0.185.